The van der Waals surface area contributed by atoms with E-state index in [1.807, 2.05) is 6.92 Å². The molecule has 1 aliphatic rings. The number of benzene rings is 1. The van der Waals surface area contributed by atoms with Crippen LogP contribution in [0.2, 0.25) is 5.02 Å². The Kier molecular flexibility index (Phi) is 4.62. The van der Waals surface area contributed by atoms with Crippen molar-refractivity contribution in [2.45, 2.75) is 13.5 Å². The van der Waals surface area contributed by atoms with Crippen LogP contribution in [-0.2, 0) is 6.54 Å². The predicted octanol–water partition coefficient (Wildman–Crippen LogP) is 2.25. The summed E-state index contributed by atoms with van der Waals surface area (Å²) in [4.78, 5) is 20.9. The molecule has 1 saturated heterocycles. The Labute approximate surface area is 140 Å². The zero-order valence-electron chi connectivity index (χ0n) is 13.8. The van der Waals surface area contributed by atoms with Crippen LogP contribution < -0.4 is 10.2 Å². The maximum atomic E-state index is 13.0. The van der Waals surface area contributed by atoms with Crippen molar-refractivity contribution >= 4 is 22.5 Å². The van der Waals surface area contributed by atoms with Gasteiger partial charge in [-0.2, -0.15) is 0 Å². The highest BCUT2D eigenvalue weighted by Gasteiger charge is 2.19. The lowest BCUT2D eigenvalue weighted by molar-refractivity contribution is 0.147. The Bertz CT molecular complexity index is 779. The third-order valence-corrected chi connectivity index (χ3v) is 4.90. The quantitative estimate of drug-likeness (QED) is 0.934. The summed E-state index contributed by atoms with van der Waals surface area (Å²) in [7, 11) is 3.71. The monoisotopic (exact) mass is 335 g/mol. The Hall–Kier alpha value is -1.56. The van der Waals surface area contributed by atoms with E-state index in [2.05, 4.69) is 21.8 Å². The van der Waals surface area contributed by atoms with Crippen LogP contribution in [0.5, 0.6) is 5.75 Å². The average Bonchev–Trinajstić information content (AvgIpc) is 2.53. The van der Waals surface area contributed by atoms with Crippen molar-refractivity contribution in [2.24, 2.45) is 0 Å². The molecular weight excluding hydrogens is 314 g/mol. The molecule has 0 unspecified atom stereocenters. The summed E-state index contributed by atoms with van der Waals surface area (Å²) in [5, 5.41) is 0.974. The molecule has 1 fully saturated rings. The molecule has 23 heavy (non-hydrogen) atoms. The molecule has 0 radical (unpaired) electrons. The zero-order chi connectivity index (χ0) is 16.6. The first-order valence-electron chi connectivity index (χ1n) is 7.80. The molecule has 3 rings (SSSR count). The van der Waals surface area contributed by atoms with Crippen LogP contribution >= 0.6 is 11.6 Å². The summed E-state index contributed by atoms with van der Waals surface area (Å²) >= 11 is 6.28. The number of fused-ring (bicyclic) bond motifs is 1. The number of nitrogens with zero attached hydrogens (tertiary/aromatic N) is 2. The molecule has 1 N–H and O–H groups in total. The molecule has 1 aromatic carbocycles. The van der Waals surface area contributed by atoms with E-state index >= 15 is 0 Å². The molecule has 5 nitrogen and oxygen atoms in total. The first kappa shape index (κ1) is 16.3. The molecule has 2 heterocycles. The smallest absolute Gasteiger partial charge is 0.195 e. The van der Waals surface area contributed by atoms with Gasteiger partial charge in [-0.25, -0.2) is 0 Å². The van der Waals surface area contributed by atoms with Crippen molar-refractivity contribution < 1.29 is 4.74 Å². The van der Waals surface area contributed by atoms with Gasteiger partial charge in [-0.1, -0.05) is 11.6 Å². The van der Waals surface area contributed by atoms with Gasteiger partial charge in [0.2, 0.25) is 0 Å². The van der Waals surface area contributed by atoms with E-state index in [1.54, 1.807) is 19.2 Å². The predicted molar refractivity (Wildman–Crippen MR) is 93.6 cm³/mol. The maximum absolute atomic E-state index is 13.0. The number of methoxy groups -OCH3 is 1. The van der Waals surface area contributed by atoms with Crippen molar-refractivity contribution in [3.63, 3.8) is 0 Å². The molecule has 2 aromatic rings. The van der Waals surface area contributed by atoms with E-state index < -0.39 is 0 Å². The number of hydrogen-bond acceptors (Lipinski definition) is 4. The minimum Gasteiger partial charge on any atom is -0.495 e. The van der Waals surface area contributed by atoms with Gasteiger partial charge in [-0.05, 0) is 26.1 Å². The van der Waals surface area contributed by atoms with Gasteiger partial charge in [-0.3, -0.25) is 9.69 Å². The number of rotatable bonds is 3. The fraction of sp³-hybridized carbons (Fsp3) is 0.471. The van der Waals surface area contributed by atoms with Crippen molar-refractivity contribution in [3.8, 4) is 5.75 Å². The van der Waals surface area contributed by atoms with E-state index in [-0.39, 0.29) is 5.43 Å². The lowest BCUT2D eigenvalue weighted by Gasteiger charge is -2.32. The second kappa shape index (κ2) is 6.51. The molecule has 0 amide bonds. The van der Waals surface area contributed by atoms with E-state index in [0.717, 1.165) is 37.4 Å². The number of nitrogens with one attached hydrogen (secondary N) is 1. The van der Waals surface area contributed by atoms with Crippen molar-refractivity contribution in [2.75, 3.05) is 40.3 Å². The van der Waals surface area contributed by atoms with E-state index in [1.165, 1.54) is 0 Å². The number of hydrogen-bond donors (Lipinski definition) is 1. The van der Waals surface area contributed by atoms with E-state index in [4.69, 9.17) is 16.3 Å². The van der Waals surface area contributed by atoms with Gasteiger partial charge in [0.05, 0.1) is 23.0 Å². The molecule has 1 aromatic heterocycles. The van der Waals surface area contributed by atoms with E-state index in [0.29, 0.717) is 28.2 Å². The van der Waals surface area contributed by atoms with Gasteiger partial charge in [0, 0.05) is 44.0 Å². The highest BCUT2D eigenvalue weighted by molar-refractivity contribution is 6.35. The number of aryl methyl sites for hydroxylation is 1. The lowest BCUT2D eigenvalue weighted by Crippen LogP contribution is -2.44. The Morgan fingerprint density at radius 1 is 1.26 bits per heavy atom. The summed E-state index contributed by atoms with van der Waals surface area (Å²) in [5.74, 6) is 0.635. The van der Waals surface area contributed by atoms with Gasteiger partial charge in [0.1, 0.15) is 5.75 Å². The van der Waals surface area contributed by atoms with Crippen molar-refractivity contribution in [1.29, 1.82) is 0 Å². The van der Waals surface area contributed by atoms with E-state index in [9.17, 15) is 4.79 Å². The van der Waals surface area contributed by atoms with Gasteiger partial charge in [-0.15, -0.1) is 0 Å². The molecule has 0 spiro atoms. The standard InChI is InChI=1S/C17H22ClN3O2/c1-11-12(10-21-8-6-20(2)7-9-21)17(22)15-13(18)4-5-14(23-3)16(15)19-11/h4-5H,6-10H2,1-3H3,(H,19,22). The average molecular weight is 336 g/mol. The van der Waals surface area contributed by atoms with Crippen LogP contribution in [0.1, 0.15) is 11.3 Å². The Morgan fingerprint density at radius 3 is 2.61 bits per heavy atom. The molecule has 0 aliphatic carbocycles. The number of pyridine rings is 1. The minimum atomic E-state index is -0.000854. The normalized spacial score (nSPS) is 16.9. The van der Waals surface area contributed by atoms with Gasteiger partial charge >= 0.3 is 0 Å². The Morgan fingerprint density at radius 2 is 1.96 bits per heavy atom. The Balaban J connectivity index is 2.05. The number of piperazine rings is 1. The van der Waals surface area contributed by atoms with Crippen LogP contribution in [0.25, 0.3) is 10.9 Å². The minimum absolute atomic E-state index is 0.000854. The summed E-state index contributed by atoms with van der Waals surface area (Å²) in [6.07, 6.45) is 0. The first-order valence-corrected chi connectivity index (χ1v) is 8.18. The SMILES string of the molecule is COc1ccc(Cl)c2c(=O)c(CN3CCN(C)CC3)c(C)[nH]c12. The zero-order valence-corrected chi connectivity index (χ0v) is 14.5. The number of aromatic amines is 1. The molecule has 1 aliphatic heterocycles. The summed E-state index contributed by atoms with van der Waals surface area (Å²) in [5.41, 5.74) is 2.34. The second-order valence-corrected chi connectivity index (χ2v) is 6.54. The van der Waals surface area contributed by atoms with Crippen LogP contribution in [-0.4, -0.2) is 55.1 Å². The van der Waals surface area contributed by atoms with Crippen LogP contribution in [0.3, 0.4) is 0 Å². The number of halogens is 1. The van der Waals surface area contributed by atoms with Crippen molar-refractivity contribution in [1.82, 2.24) is 14.8 Å². The van der Waals surface area contributed by atoms with Gasteiger partial charge < -0.3 is 14.6 Å². The van der Waals surface area contributed by atoms with Gasteiger partial charge in [0.25, 0.3) is 0 Å². The molecule has 6 heteroatoms. The van der Waals surface area contributed by atoms with Crippen molar-refractivity contribution in [3.05, 3.63) is 38.6 Å². The lowest BCUT2D eigenvalue weighted by atomic mass is 10.1. The molecule has 0 saturated carbocycles. The molecular formula is C17H22ClN3O2. The van der Waals surface area contributed by atoms with Crippen LogP contribution in [0, 0.1) is 6.92 Å². The summed E-state index contributed by atoms with van der Waals surface area (Å²) < 4.78 is 5.35. The van der Waals surface area contributed by atoms with Crippen LogP contribution in [0.4, 0.5) is 0 Å². The third-order valence-electron chi connectivity index (χ3n) is 4.58. The number of likely N-dealkylation sites (N-methyl/N-ethyl adjacent to an activating group) is 1. The van der Waals surface area contributed by atoms with Gasteiger partial charge in [0.15, 0.2) is 5.43 Å². The topological polar surface area (TPSA) is 48.6 Å². The molecule has 124 valence electrons. The van der Waals surface area contributed by atoms with Crippen LogP contribution in [0.15, 0.2) is 16.9 Å². The number of H-pyrrole nitrogens is 1. The summed E-state index contributed by atoms with van der Waals surface area (Å²) in [6, 6.07) is 3.49. The largest absolute Gasteiger partial charge is 0.495 e. The fourth-order valence-electron chi connectivity index (χ4n) is 3.08. The third kappa shape index (κ3) is 3.09. The number of ether oxygens (including phenoxy) is 1. The fourth-order valence-corrected chi connectivity index (χ4v) is 3.32. The second-order valence-electron chi connectivity index (χ2n) is 6.14. The maximum Gasteiger partial charge on any atom is 0.195 e. The molecule has 0 bridgehead atoms. The highest BCUT2D eigenvalue weighted by Crippen LogP contribution is 2.28. The molecule has 0 atom stereocenters. The first-order chi connectivity index (χ1) is 11.0. The number of aromatic nitrogens is 1. The summed E-state index contributed by atoms with van der Waals surface area (Å²) in [6.45, 7) is 6.59. The highest BCUT2D eigenvalue weighted by atomic mass is 35.5.